The van der Waals surface area contributed by atoms with Crippen molar-refractivity contribution in [2.24, 2.45) is 0 Å². The molecule has 3 N–H and O–H groups in total. The molecule has 0 unspecified atom stereocenters. The van der Waals surface area contributed by atoms with Crippen molar-refractivity contribution in [3.05, 3.63) is 29.6 Å². The van der Waals surface area contributed by atoms with E-state index in [1.165, 1.54) is 7.11 Å². The van der Waals surface area contributed by atoms with Gasteiger partial charge in [-0.1, -0.05) is 6.07 Å². The van der Waals surface area contributed by atoms with Crippen LogP contribution in [0.2, 0.25) is 0 Å². The zero-order valence-corrected chi connectivity index (χ0v) is 9.38. The molecule has 2 aromatic rings. The van der Waals surface area contributed by atoms with Crippen molar-refractivity contribution >= 4 is 17.4 Å². The lowest BCUT2D eigenvalue weighted by Gasteiger charge is -1.99. The Morgan fingerprint density at radius 3 is 3.06 bits per heavy atom. The number of hydrogen-bond acceptors (Lipinski definition) is 5. The van der Waals surface area contributed by atoms with E-state index in [0.717, 1.165) is 0 Å². The first-order chi connectivity index (χ1) is 8.17. The summed E-state index contributed by atoms with van der Waals surface area (Å²) in [5.41, 5.74) is 7.56. The molecule has 90 valence electrons. The number of methoxy groups -OCH3 is 1. The van der Waals surface area contributed by atoms with Crippen LogP contribution >= 0.6 is 0 Å². The molecule has 0 fully saturated rings. The second kappa shape index (κ2) is 4.42. The van der Waals surface area contributed by atoms with Crippen LogP contribution in [0, 0.1) is 0 Å². The summed E-state index contributed by atoms with van der Waals surface area (Å²) in [4.78, 5) is 15.4. The van der Waals surface area contributed by atoms with Crippen molar-refractivity contribution in [3.63, 3.8) is 0 Å². The Balaban J connectivity index is 2.52. The van der Waals surface area contributed by atoms with E-state index < -0.39 is 5.97 Å². The lowest BCUT2D eigenvalue weighted by Crippen LogP contribution is -2.07. The Labute approximate surface area is 97.6 Å². The number of ether oxygens (including phenoxy) is 1. The summed E-state index contributed by atoms with van der Waals surface area (Å²) in [7, 11) is 1.31. The largest absolute Gasteiger partial charge is 0.469 e. The number of anilines is 1. The van der Waals surface area contributed by atoms with E-state index in [1.807, 2.05) is 0 Å². The second-order valence-corrected chi connectivity index (χ2v) is 3.58. The van der Waals surface area contributed by atoms with Gasteiger partial charge in [0.1, 0.15) is 11.5 Å². The average molecular weight is 235 g/mol. The summed E-state index contributed by atoms with van der Waals surface area (Å²) >= 11 is 0. The van der Waals surface area contributed by atoms with Gasteiger partial charge in [0.05, 0.1) is 25.8 Å². The summed E-state index contributed by atoms with van der Waals surface area (Å²) in [6, 6.07) is 3.52. The third-order valence-electron chi connectivity index (χ3n) is 2.55. The van der Waals surface area contributed by atoms with Crippen LogP contribution < -0.4 is 5.73 Å². The number of carbonyl (C=O) groups is 1. The number of esters is 1. The Hall–Kier alpha value is -2.08. The van der Waals surface area contributed by atoms with Crippen LogP contribution in [0.4, 0.5) is 5.82 Å². The molecule has 0 spiro atoms. The van der Waals surface area contributed by atoms with Gasteiger partial charge in [-0.2, -0.15) is 0 Å². The Bertz CT molecular complexity index is 562. The molecule has 0 aliphatic heterocycles. The number of aromatic nitrogens is 2. The topological polar surface area (TPSA) is 89.8 Å². The van der Waals surface area contributed by atoms with Crippen LogP contribution in [0.5, 0.6) is 0 Å². The Kier molecular flexibility index (Phi) is 2.97. The van der Waals surface area contributed by atoms with Crippen LogP contribution in [0.15, 0.2) is 18.3 Å². The Morgan fingerprint density at radius 1 is 1.65 bits per heavy atom. The fourth-order valence-corrected chi connectivity index (χ4v) is 1.65. The minimum atomic E-state index is -0.398. The highest BCUT2D eigenvalue weighted by molar-refractivity contribution is 5.74. The molecule has 2 heterocycles. The van der Waals surface area contributed by atoms with E-state index in [-0.39, 0.29) is 13.0 Å². The van der Waals surface area contributed by atoms with Gasteiger partial charge in [0.25, 0.3) is 0 Å². The van der Waals surface area contributed by atoms with Gasteiger partial charge in [0.15, 0.2) is 0 Å². The van der Waals surface area contributed by atoms with E-state index in [1.54, 1.807) is 22.7 Å². The Morgan fingerprint density at radius 2 is 2.41 bits per heavy atom. The van der Waals surface area contributed by atoms with Gasteiger partial charge < -0.3 is 15.6 Å². The van der Waals surface area contributed by atoms with E-state index in [0.29, 0.717) is 22.7 Å². The highest BCUT2D eigenvalue weighted by atomic mass is 16.5. The zero-order valence-electron chi connectivity index (χ0n) is 9.38. The van der Waals surface area contributed by atoms with E-state index in [4.69, 9.17) is 5.73 Å². The predicted molar refractivity (Wildman–Crippen MR) is 61.2 cm³/mol. The molecule has 0 aromatic carbocycles. The van der Waals surface area contributed by atoms with Gasteiger partial charge in [0, 0.05) is 11.8 Å². The van der Waals surface area contributed by atoms with Crippen LogP contribution in [-0.4, -0.2) is 27.6 Å². The maximum Gasteiger partial charge on any atom is 0.311 e. The van der Waals surface area contributed by atoms with Crippen molar-refractivity contribution in [3.8, 4) is 0 Å². The van der Waals surface area contributed by atoms with Gasteiger partial charge in [-0.3, -0.25) is 9.20 Å². The van der Waals surface area contributed by atoms with Gasteiger partial charge in [0.2, 0.25) is 0 Å². The van der Waals surface area contributed by atoms with Crippen molar-refractivity contribution in [1.29, 1.82) is 0 Å². The summed E-state index contributed by atoms with van der Waals surface area (Å²) in [6.45, 7) is -0.127. The molecule has 0 aliphatic carbocycles. The molecule has 6 nitrogen and oxygen atoms in total. The van der Waals surface area contributed by atoms with Crippen LogP contribution in [0.3, 0.4) is 0 Å². The van der Waals surface area contributed by atoms with Crippen molar-refractivity contribution in [2.45, 2.75) is 13.0 Å². The third-order valence-corrected chi connectivity index (χ3v) is 2.55. The number of pyridine rings is 1. The molecular weight excluding hydrogens is 222 g/mol. The first-order valence-corrected chi connectivity index (χ1v) is 5.09. The van der Waals surface area contributed by atoms with Crippen molar-refractivity contribution < 1.29 is 14.6 Å². The average Bonchev–Trinajstić information content (AvgIpc) is 2.66. The molecule has 6 heteroatoms. The van der Waals surface area contributed by atoms with E-state index in [2.05, 4.69) is 9.72 Å². The highest BCUT2D eigenvalue weighted by Gasteiger charge is 2.14. The number of fused-ring (bicyclic) bond motifs is 1. The molecule has 0 aliphatic rings. The van der Waals surface area contributed by atoms with Crippen LogP contribution in [0.25, 0.3) is 5.65 Å². The maximum absolute atomic E-state index is 11.2. The first kappa shape index (κ1) is 11.4. The van der Waals surface area contributed by atoms with Gasteiger partial charge >= 0.3 is 5.97 Å². The lowest BCUT2D eigenvalue weighted by atomic mass is 10.3. The fraction of sp³-hybridized carbons (Fsp3) is 0.273. The number of nitrogens with zero attached hydrogens (tertiary/aromatic N) is 2. The minimum Gasteiger partial charge on any atom is -0.469 e. The summed E-state index contributed by atoms with van der Waals surface area (Å²) in [5, 5.41) is 9.18. The van der Waals surface area contributed by atoms with E-state index in [9.17, 15) is 9.90 Å². The van der Waals surface area contributed by atoms with Crippen LogP contribution in [0.1, 0.15) is 11.3 Å². The first-order valence-electron chi connectivity index (χ1n) is 5.09. The quantitative estimate of drug-likeness (QED) is 0.738. The van der Waals surface area contributed by atoms with Gasteiger partial charge in [-0.15, -0.1) is 0 Å². The fourth-order valence-electron chi connectivity index (χ4n) is 1.65. The normalized spacial score (nSPS) is 10.7. The summed E-state index contributed by atoms with van der Waals surface area (Å²) < 4.78 is 6.21. The third kappa shape index (κ3) is 1.94. The summed E-state index contributed by atoms with van der Waals surface area (Å²) in [6.07, 6.45) is 1.76. The van der Waals surface area contributed by atoms with Gasteiger partial charge in [-0.05, 0) is 6.07 Å². The van der Waals surface area contributed by atoms with Crippen molar-refractivity contribution in [2.75, 3.05) is 12.8 Å². The standard InChI is InChI=1S/C11H13N3O3/c1-17-9(16)5-8-10(12)14-4-2-3-7(6-15)11(14)13-8/h2-4,15H,5-6,12H2,1H3. The summed E-state index contributed by atoms with van der Waals surface area (Å²) in [5.74, 6) is -0.00801. The monoisotopic (exact) mass is 235 g/mol. The number of hydrogen-bond donors (Lipinski definition) is 2. The maximum atomic E-state index is 11.2. The molecule has 0 radical (unpaired) electrons. The van der Waals surface area contributed by atoms with Gasteiger partial charge in [-0.25, -0.2) is 4.98 Å². The molecule has 2 rings (SSSR count). The molecule has 17 heavy (non-hydrogen) atoms. The molecule has 0 bridgehead atoms. The molecule has 0 atom stereocenters. The smallest absolute Gasteiger partial charge is 0.311 e. The number of nitrogens with two attached hydrogens (primary N) is 1. The number of carbonyl (C=O) groups excluding carboxylic acids is 1. The SMILES string of the molecule is COC(=O)Cc1nc2c(CO)cccn2c1N. The van der Waals surface area contributed by atoms with E-state index >= 15 is 0 Å². The second-order valence-electron chi connectivity index (χ2n) is 3.58. The molecule has 0 saturated carbocycles. The van der Waals surface area contributed by atoms with Crippen LogP contribution in [-0.2, 0) is 22.6 Å². The number of aliphatic hydroxyl groups is 1. The lowest BCUT2D eigenvalue weighted by molar-refractivity contribution is -0.139. The molecular formula is C11H13N3O3. The number of rotatable bonds is 3. The number of imidazole rings is 1. The minimum absolute atomic E-state index is 0.0227. The number of nitrogen functional groups attached to an aromatic ring is 1. The highest BCUT2D eigenvalue weighted by Crippen LogP contribution is 2.18. The molecule has 2 aromatic heterocycles. The molecule has 0 saturated heterocycles. The van der Waals surface area contributed by atoms with Crippen molar-refractivity contribution in [1.82, 2.24) is 9.38 Å². The zero-order chi connectivity index (χ0) is 12.4. The molecule has 0 amide bonds. The predicted octanol–water partition coefficient (Wildman–Crippen LogP) is 0.124. The number of aliphatic hydroxyl groups excluding tert-OH is 1.